The van der Waals surface area contributed by atoms with Crippen molar-refractivity contribution in [2.45, 2.75) is 27.0 Å². The van der Waals surface area contributed by atoms with Crippen molar-refractivity contribution in [3.05, 3.63) is 75.5 Å². The van der Waals surface area contributed by atoms with E-state index in [-0.39, 0.29) is 5.91 Å². The van der Waals surface area contributed by atoms with Crippen LogP contribution in [-0.2, 0) is 13.2 Å². The Morgan fingerprint density at radius 3 is 2.80 bits per heavy atom. The van der Waals surface area contributed by atoms with Crippen LogP contribution in [0.3, 0.4) is 0 Å². The minimum absolute atomic E-state index is 0.189. The van der Waals surface area contributed by atoms with E-state index >= 15 is 0 Å². The third kappa shape index (κ3) is 4.42. The summed E-state index contributed by atoms with van der Waals surface area (Å²) in [5.41, 5.74) is 3.72. The number of ether oxygens (including phenoxy) is 1. The molecule has 0 spiro atoms. The second kappa shape index (κ2) is 7.90. The summed E-state index contributed by atoms with van der Waals surface area (Å²) in [6.07, 6.45) is 3.40. The highest BCUT2D eigenvalue weighted by Gasteiger charge is 2.11. The Kier molecular flexibility index (Phi) is 5.40. The summed E-state index contributed by atoms with van der Waals surface area (Å²) >= 11 is 1.42. The number of thiazole rings is 1. The molecule has 2 aromatic heterocycles. The van der Waals surface area contributed by atoms with Gasteiger partial charge in [-0.2, -0.15) is 0 Å². The van der Waals surface area contributed by atoms with Gasteiger partial charge in [0, 0.05) is 24.3 Å². The molecule has 0 bridgehead atoms. The van der Waals surface area contributed by atoms with Crippen LogP contribution < -0.4 is 10.1 Å². The maximum atomic E-state index is 12.2. The number of nitrogens with zero attached hydrogens (tertiary/aromatic N) is 2. The molecule has 0 saturated carbocycles. The molecule has 0 radical (unpaired) electrons. The molecule has 5 nitrogen and oxygen atoms in total. The van der Waals surface area contributed by atoms with E-state index in [1.807, 2.05) is 31.2 Å². The lowest BCUT2D eigenvalue weighted by atomic mass is 10.1. The van der Waals surface area contributed by atoms with Gasteiger partial charge in [-0.3, -0.25) is 9.78 Å². The van der Waals surface area contributed by atoms with E-state index in [0.29, 0.717) is 18.8 Å². The molecule has 0 fully saturated rings. The van der Waals surface area contributed by atoms with Gasteiger partial charge in [0.25, 0.3) is 5.91 Å². The molecule has 0 saturated heterocycles. The molecule has 2 heterocycles. The number of benzene rings is 1. The van der Waals surface area contributed by atoms with Gasteiger partial charge >= 0.3 is 0 Å². The van der Waals surface area contributed by atoms with Crippen LogP contribution in [0.25, 0.3) is 0 Å². The molecule has 1 aromatic carbocycles. The maximum Gasteiger partial charge on any atom is 0.271 e. The fraction of sp³-hybridized carbons (Fsp3) is 0.211. The number of pyridine rings is 1. The first-order valence-electron chi connectivity index (χ1n) is 7.94. The molecular formula is C19H19N3O2S. The molecule has 0 aliphatic rings. The molecule has 3 rings (SSSR count). The van der Waals surface area contributed by atoms with Gasteiger partial charge in [-0.05, 0) is 48.7 Å². The van der Waals surface area contributed by atoms with Gasteiger partial charge in [-0.1, -0.05) is 12.1 Å². The van der Waals surface area contributed by atoms with Crippen LogP contribution in [0.2, 0.25) is 0 Å². The second-order valence-corrected chi connectivity index (χ2v) is 6.59. The van der Waals surface area contributed by atoms with Gasteiger partial charge in [0.2, 0.25) is 0 Å². The Labute approximate surface area is 150 Å². The lowest BCUT2D eigenvalue weighted by Gasteiger charge is -2.09. The number of rotatable bonds is 6. The van der Waals surface area contributed by atoms with E-state index in [1.54, 1.807) is 17.8 Å². The molecule has 1 amide bonds. The van der Waals surface area contributed by atoms with Crippen molar-refractivity contribution in [3.8, 4) is 5.75 Å². The van der Waals surface area contributed by atoms with E-state index in [4.69, 9.17) is 4.74 Å². The monoisotopic (exact) mass is 353 g/mol. The van der Waals surface area contributed by atoms with Crippen LogP contribution >= 0.6 is 11.3 Å². The maximum absolute atomic E-state index is 12.2. The van der Waals surface area contributed by atoms with Crippen LogP contribution in [-0.4, -0.2) is 15.9 Å². The number of nitrogens with one attached hydrogen (secondary N) is 1. The Hall–Kier alpha value is -2.73. The van der Waals surface area contributed by atoms with Crippen LogP contribution in [0.4, 0.5) is 0 Å². The minimum atomic E-state index is -0.189. The number of hydrogen-bond acceptors (Lipinski definition) is 5. The number of aromatic nitrogens is 2. The standard InChI is InChI=1S/C19H19N3O2S/c1-13-4-3-5-17(14(13)2)24-11-18-22-16(12-25-18)19(23)21-10-15-6-8-20-9-7-15/h3-9,12H,10-11H2,1-2H3,(H,21,23). The van der Waals surface area contributed by atoms with Gasteiger partial charge in [0.05, 0.1) is 0 Å². The number of carbonyl (C=O) groups is 1. The Morgan fingerprint density at radius 1 is 1.20 bits per heavy atom. The zero-order valence-electron chi connectivity index (χ0n) is 14.2. The highest BCUT2D eigenvalue weighted by Crippen LogP contribution is 2.22. The van der Waals surface area contributed by atoms with Crippen LogP contribution in [0.5, 0.6) is 5.75 Å². The quantitative estimate of drug-likeness (QED) is 0.734. The summed E-state index contributed by atoms with van der Waals surface area (Å²) in [6, 6.07) is 9.70. The number of hydrogen-bond donors (Lipinski definition) is 1. The first kappa shape index (κ1) is 17.1. The van der Waals surface area contributed by atoms with Crippen LogP contribution in [0.1, 0.15) is 32.2 Å². The zero-order valence-corrected chi connectivity index (χ0v) is 15.0. The molecule has 0 unspecified atom stereocenters. The van der Waals surface area contributed by atoms with E-state index in [2.05, 4.69) is 28.3 Å². The van der Waals surface area contributed by atoms with Gasteiger partial charge in [0.1, 0.15) is 23.1 Å². The van der Waals surface area contributed by atoms with Crippen molar-refractivity contribution in [2.24, 2.45) is 0 Å². The summed E-state index contributed by atoms with van der Waals surface area (Å²) in [6.45, 7) is 4.89. The predicted octanol–water partition coefficient (Wildman–Crippen LogP) is 3.66. The zero-order chi connectivity index (χ0) is 17.6. The van der Waals surface area contributed by atoms with Gasteiger partial charge in [-0.25, -0.2) is 4.98 Å². The normalized spacial score (nSPS) is 10.5. The predicted molar refractivity (Wildman–Crippen MR) is 97.8 cm³/mol. The average molecular weight is 353 g/mol. The molecule has 0 atom stereocenters. The third-order valence-electron chi connectivity index (χ3n) is 3.89. The number of carbonyl (C=O) groups excluding carboxylic acids is 1. The average Bonchev–Trinajstić information content (AvgIpc) is 3.11. The van der Waals surface area contributed by atoms with Crippen molar-refractivity contribution in [1.29, 1.82) is 0 Å². The fourth-order valence-corrected chi connectivity index (χ4v) is 2.96. The first-order chi connectivity index (χ1) is 12.1. The van der Waals surface area contributed by atoms with E-state index in [0.717, 1.165) is 21.9 Å². The van der Waals surface area contributed by atoms with E-state index < -0.39 is 0 Å². The summed E-state index contributed by atoms with van der Waals surface area (Å²) in [4.78, 5) is 20.5. The molecule has 128 valence electrons. The van der Waals surface area contributed by atoms with Crippen molar-refractivity contribution < 1.29 is 9.53 Å². The lowest BCUT2D eigenvalue weighted by molar-refractivity contribution is 0.0946. The summed E-state index contributed by atoms with van der Waals surface area (Å²) in [7, 11) is 0. The Bertz CT molecular complexity index is 862. The summed E-state index contributed by atoms with van der Waals surface area (Å²) in [5, 5.41) is 5.38. The smallest absolute Gasteiger partial charge is 0.271 e. The Morgan fingerprint density at radius 2 is 2.00 bits per heavy atom. The first-order valence-corrected chi connectivity index (χ1v) is 8.82. The largest absolute Gasteiger partial charge is 0.486 e. The minimum Gasteiger partial charge on any atom is -0.486 e. The molecule has 6 heteroatoms. The molecule has 0 aliphatic carbocycles. The fourth-order valence-electron chi connectivity index (χ4n) is 2.28. The van der Waals surface area contributed by atoms with Gasteiger partial charge in [0.15, 0.2) is 0 Å². The summed E-state index contributed by atoms with van der Waals surface area (Å²) in [5.74, 6) is 0.657. The highest BCUT2D eigenvalue weighted by atomic mass is 32.1. The second-order valence-electron chi connectivity index (χ2n) is 5.65. The molecule has 0 aliphatic heterocycles. The number of aryl methyl sites for hydroxylation is 1. The summed E-state index contributed by atoms with van der Waals surface area (Å²) < 4.78 is 5.84. The van der Waals surface area contributed by atoms with Crippen LogP contribution in [0, 0.1) is 13.8 Å². The van der Waals surface area contributed by atoms with Gasteiger partial charge < -0.3 is 10.1 Å². The number of amides is 1. The van der Waals surface area contributed by atoms with E-state index in [9.17, 15) is 4.79 Å². The molecule has 1 N–H and O–H groups in total. The molecular weight excluding hydrogens is 334 g/mol. The van der Waals surface area contributed by atoms with Crippen molar-refractivity contribution in [3.63, 3.8) is 0 Å². The topological polar surface area (TPSA) is 64.1 Å². The van der Waals surface area contributed by atoms with Crippen molar-refractivity contribution in [1.82, 2.24) is 15.3 Å². The Balaban J connectivity index is 1.56. The highest BCUT2D eigenvalue weighted by molar-refractivity contribution is 7.09. The van der Waals surface area contributed by atoms with E-state index in [1.165, 1.54) is 16.9 Å². The SMILES string of the molecule is Cc1cccc(OCc2nc(C(=O)NCc3ccncc3)cs2)c1C. The molecule has 25 heavy (non-hydrogen) atoms. The van der Waals surface area contributed by atoms with Gasteiger partial charge in [-0.15, -0.1) is 11.3 Å². The molecule has 3 aromatic rings. The van der Waals surface area contributed by atoms with Crippen molar-refractivity contribution in [2.75, 3.05) is 0 Å². The third-order valence-corrected chi connectivity index (χ3v) is 4.72. The van der Waals surface area contributed by atoms with Crippen molar-refractivity contribution >= 4 is 17.2 Å². The van der Waals surface area contributed by atoms with Crippen LogP contribution in [0.15, 0.2) is 48.1 Å². The lowest BCUT2D eigenvalue weighted by Crippen LogP contribution is -2.23.